The fourth-order valence-corrected chi connectivity index (χ4v) is 2.30. The van der Waals surface area contributed by atoms with Crippen LogP contribution in [0.2, 0.25) is 0 Å². The first-order valence-electron chi connectivity index (χ1n) is 6.62. The number of hydrogen-bond acceptors (Lipinski definition) is 5. The minimum atomic E-state index is -1.34. The average Bonchev–Trinajstić information content (AvgIpc) is 2.47. The molecule has 110 valence electrons. The molecule has 5 atom stereocenters. The molecule has 0 saturated carbocycles. The molecule has 6 nitrogen and oxygen atoms in total. The number of piperidine rings is 1. The number of aliphatic hydroxyl groups is 3. The highest BCUT2D eigenvalue weighted by Crippen LogP contribution is 2.15. The van der Waals surface area contributed by atoms with Crippen LogP contribution in [-0.2, 0) is 11.3 Å². The molecule has 1 aromatic carbocycles. The van der Waals surface area contributed by atoms with Crippen molar-refractivity contribution >= 4 is 5.91 Å². The summed E-state index contributed by atoms with van der Waals surface area (Å²) >= 11 is 0. The molecule has 1 aromatic rings. The van der Waals surface area contributed by atoms with Crippen LogP contribution in [0.1, 0.15) is 12.5 Å². The van der Waals surface area contributed by atoms with Gasteiger partial charge in [-0.3, -0.25) is 10.1 Å². The van der Waals surface area contributed by atoms with E-state index in [4.69, 9.17) is 0 Å². The first-order chi connectivity index (χ1) is 9.50. The molecule has 0 radical (unpaired) electrons. The van der Waals surface area contributed by atoms with Crippen LogP contribution in [0.15, 0.2) is 30.3 Å². The lowest BCUT2D eigenvalue weighted by atomic mass is 9.90. The Morgan fingerprint density at radius 1 is 1.15 bits per heavy atom. The lowest BCUT2D eigenvalue weighted by molar-refractivity contribution is -0.142. The number of nitrogens with one attached hydrogen (secondary N) is 2. The largest absolute Gasteiger partial charge is 0.389 e. The molecule has 0 spiro atoms. The van der Waals surface area contributed by atoms with Gasteiger partial charge in [-0.05, 0) is 12.5 Å². The zero-order valence-electron chi connectivity index (χ0n) is 11.2. The SMILES string of the molecule is C[C@@H]1NC(C(=O)NCc2ccccc2)[C@H](O)[C@H](O)[C@H]1O. The fourth-order valence-electron chi connectivity index (χ4n) is 2.30. The number of aliphatic hydroxyl groups excluding tert-OH is 3. The molecular formula is C14H20N2O4. The Hall–Kier alpha value is -1.47. The van der Waals surface area contributed by atoms with Crippen molar-refractivity contribution in [3.63, 3.8) is 0 Å². The number of benzene rings is 1. The zero-order chi connectivity index (χ0) is 14.7. The highest BCUT2D eigenvalue weighted by atomic mass is 16.4. The molecule has 2 rings (SSSR count). The van der Waals surface area contributed by atoms with Gasteiger partial charge in [-0.1, -0.05) is 30.3 Å². The van der Waals surface area contributed by atoms with Crippen LogP contribution in [0, 0.1) is 0 Å². The minimum absolute atomic E-state index is 0.345. The Balaban J connectivity index is 1.95. The summed E-state index contributed by atoms with van der Waals surface area (Å²) in [4.78, 5) is 12.1. The van der Waals surface area contributed by atoms with E-state index in [2.05, 4.69) is 10.6 Å². The summed E-state index contributed by atoms with van der Waals surface area (Å²) < 4.78 is 0. The molecule has 0 aromatic heterocycles. The molecule has 1 fully saturated rings. The number of amides is 1. The smallest absolute Gasteiger partial charge is 0.240 e. The van der Waals surface area contributed by atoms with Crippen molar-refractivity contribution in [2.75, 3.05) is 0 Å². The summed E-state index contributed by atoms with van der Waals surface area (Å²) in [6.07, 6.45) is -3.76. The van der Waals surface area contributed by atoms with Gasteiger partial charge in [-0.2, -0.15) is 0 Å². The summed E-state index contributed by atoms with van der Waals surface area (Å²) in [6.45, 7) is 1.99. The van der Waals surface area contributed by atoms with Gasteiger partial charge in [-0.15, -0.1) is 0 Å². The fraction of sp³-hybridized carbons (Fsp3) is 0.500. The van der Waals surface area contributed by atoms with Crippen LogP contribution in [0.4, 0.5) is 0 Å². The van der Waals surface area contributed by atoms with Crippen molar-refractivity contribution in [2.45, 2.75) is 43.9 Å². The van der Waals surface area contributed by atoms with E-state index in [-0.39, 0.29) is 0 Å². The predicted octanol–water partition coefficient (Wildman–Crippen LogP) is -1.25. The maximum absolute atomic E-state index is 12.1. The van der Waals surface area contributed by atoms with Crippen molar-refractivity contribution < 1.29 is 20.1 Å². The van der Waals surface area contributed by atoms with Crippen molar-refractivity contribution in [3.8, 4) is 0 Å². The molecule has 5 N–H and O–H groups in total. The maximum atomic E-state index is 12.1. The van der Waals surface area contributed by atoms with Gasteiger partial charge < -0.3 is 20.6 Å². The van der Waals surface area contributed by atoms with Gasteiger partial charge >= 0.3 is 0 Å². The Labute approximate surface area is 117 Å². The quantitative estimate of drug-likeness (QED) is 0.476. The highest BCUT2D eigenvalue weighted by molar-refractivity contribution is 5.82. The average molecular weight is 280 g/mol. The number of carbonyl (C=O) groups is 1. The third-order valence-electron chi connectivity index (χ3n) is 3.59. The van der Waals surface area contributed by atoms with Crippen LogP contribution >= 0.6 is 0 Å². The number of hydrogen-bond donors (Lipinski definition) is 5. The van der Waals surface area contributed by atoms with Crippen LogP contribution < -0.4 is 10.6 Å². The van der Waals surface area contributed by atoms with Gasteiger partial charge in [0.2, 0.25) is 5.91 Å². The lowest BCUT2D eigenvalue weighted by Crippen LogP contribution is -2.67. The predicted molar refractivity (Wildman–Crippen MR) is 72.7 cm³/mol. The Morgan fingerprint density at radius 3 is 2.45 bits per heavy atom. The third-order valence-corrected chi connectivity index (χ3v) is 3.59. The van der Waals surface area contributed by atoms with Crippen LogP contribution in [0.25, 0.3) is 0 Å². The molecule has 6 heteroatoms. The van der Waals surface area contributed by atoms with Crippen LogP contribution in [0.5, 0.6) is 0 Å². The second-order valence-corrected chi connectivity index (χ2v) is 5.11. The molecule has 0 bridgehead atoms. The van der Waals surface area contributed by atoms with E-state index >= 15 is 0 Å². The van der Waals surface area contributed by atoms with E-state index in [1.165, 1.54) is 0 Å². The summed E-state index contributed by atoms with van der Waals surface area (Å²) in [5, 5.41) is 34.7. The van der Waals surface area contributed by atoms with Crippen molar-refractivity contribution in [3.05, 3.63) is 35.9 Å². The molecule has 0 aliphatic carbocycles. The topological polar surface area (TPSA) is 102 Å². The zero-order valence-corrected chi connectivity index (χ0v) is 11.2. The number of carbonyl (C=O) groups excluding carboxylic acids is 1. The van der Waals surface area contributed by atoms with E-state index in [9.17, 15) is 20.1 Å². The first kappa shape index (κ1) is 14.9. The molecule has 1 aliphatic heterocycles. The minimum Gasteiger partial charge on any atom is -0.389 e. The van der Waals surface area contributed by atoms with Gasteiger partial charge in [0.05, 0.1) is 6.10 Å². The normalized spacial score (nSPS) is 33.7. The van der Waals surface area contributed by atoms with Gasteiger partial charge in [0.25, 0.3) is 0 Å². The van der Waals surface area contributed by atoms with Crippen LogP contribution in [0.3, 0.4) is 0 Å². The standard InChI is InChI=1S/C14H20N2O4/c1-8-11(17)13(19)12(18)10(16-8)14(20)15-7-9-5-3-2-4-6-9/h2-6,8,10-13,16-19H,7H2,1H3,(H,15,20)/t8-,10?,11-,12-,13+/m0/s1. The molecule has 1 saturated heterocycles. The molecule has 1 heterocycles. The summed E-state index contributed by atoms with van der Waals surface area (Å²) in [5.74, 6) is -0.404. The Kier molecular flexibility index (Phi) is 4.72. The van der Waals surface area contributed by atoms with Gasteiger partial charge in [0, 0.05) is 12.6 Å². The van der Waals surface area contributed by atoms with E-state index in [1.807, 2.05) is 30.3 Å². The second-order valence-electron chi connectivity index (χ2n) is 5.11. The summed E-state index contributed by atoms with van der Waals surface area (Å²) in [5.41, 5.74) is 0.944. The van der Waals surface area contributed by atoms with Gasteiger partial charge in [0.15, 0.2) is 0 Å². The summed E-state index contributed by atoms with van der Waals surface area (Å²) in [7, 11) is 0. The van der Waals surface area contributed by atoms with E-state index in [0.717, 1.165) is 5.56 Å². The molecular weight excluding hydrogens is 260 g/mol. The molecule has 20 heavy (non-hydrogen) atoms. The Morgan fingerprint density at radius 2 is 1.80 bits per heavy atom. The monoisotopic (exact) mass is 280 g/mol. The second kappa shape index (κ2) is 6.32. The highest BCUT2D eigenvalue weighted by Gasteiger charge is 2.43. The first-order valence-corrected chi connectivity index (χ1v) is 6.62. The van der Waals surface area contributed by atoms with Gasteiger partial charge in [-0.25, -0.2) is 0 Å². The van der Waals surface area contributed by atoms with Crippen molar-refractivity contribution in [2.24, 2.45) is 0 Å². The lowest BCUT2D eigenvalue weighted by Gasteiger charge is -2.39. The molecule has 1 aliphatic rings. The van der Waals surface area contributed by atoms with E-state index in [1.54, 1.807) is 6.92 Å². The Bertz CT molecular complexity index is 454. The molecule has 1 unspecified atom stereocenters. The number of rotatable bonds is 3. The van der Waals surface area contributed by atoms with Crippen LogP contribution in [-0.4, -0.2) is 51.6 Å². The van der Waals surface area contributed by atoms with E-state index < -0.39 is 36.3 Å². The third kappa shape index (κ3) is 3.16. The van der Waals surface area contributed by atoms with Crippen molar-refractivity contribution in [1.82, 2.24) is 10.6 Å². The van der Waals surface area contributed by atoms with Gasteiger partial charge in [0.1, 0.15) is 18.2 Å². The molecule has 1 amide bonds. The maximum Gasteiger partial charge on any atom is 0.240 e. The van der Waals surface area contributed by atoms with E-state index in [0.29, 0.717) is 6.54 Å². The van der Waals surface area contributed by atoms with Crippen molar-refractivity contribution in [1.29, 1.82) is 0 Å². The summed E-state index contributed by atoms with van der Waals surface area (Å²) in [6, 6.07) is 7.98.